The minimum absolute atomic E-state index is 0.0689. The van der Waals surface area contributed by atoms with Crippen LogP contribution in [-0.4, -0.2) is 45.4 Å². The fraction of sp³-hybridized carbons (Fsp3) is 0.750. The van der Waals surface area contributed by atoms with Gasteiger partial charge in [-0.3, -0.25) is 9.48 Å². The van der Waals surface area contributed by atoms with Gasteiger partial charge in [-0.25, -0.2) is 0 Å². The lowest BCUT2D eigenvalue weighted by molar-refractivity contribution is 0.0761. The molecule has 5 heteroatoms. The third kappa shape index (κ3) is 3.84. The van der Waals surface area contributed by atoms with Gasteiger partial charge in [0.25, 0.3) is 5.91 Å². The van der Waals surface area contributed by atoms with Crippen LogP contribution in [0.3, 0.4) is 0 Å². The van der Waals surface area contributed by atoms with Crippen molar-refractivity contribution in [3.05, 3.63) is 17.5 Å². The van der Waals surface area contributed by atoms with Crippen molar-refractivity contribution >= 4 is 5.91 Å². The number of carbonyl (C=O) groups excluding carboxylic acids is 1. The fourth-order valence-electron chi connectivity index (χ4n) is 2.38. The molecule has 0 aliphatic heterocycles. The summed E-state index contributed by atoms with van der Waals surface area (Å²) in [6.07, 6.45) is 2.56. The first kappa shape index (κ1) is 16.0. The van der Waals surface area contributed by atoms with Crippen molar-refractivity contribution in [2.75, 3.05) is 13.6 Å². The molecular formula is C16H27N3O2. The highest BCUT2D eigenvalue weighted by Gasteiger charge is 2.32. The smallest absolute Gasteiger partial charge is 0.274 e. The van der Waals surface area contributed by atoms with Gasteiger partial charge in [0.15, 0.2) is 5.69 Å². The third-order valence-corrected chi connectivity index (χ3v) is 3.82. The van der Waals surface area contributed by atoms with Crippen LogP contribution in [0.2, 0.25) is 0 Å². The molecular weight excluding hydrogens is 266 g/mol. The number of carbonyl (C=O) groups is 1. The van der Waals surface area contributed by atoms with E-state index >= 15 is 0 Å². The maximum atomic E-state index is 12.5. The van der Waals surface area contributed by atoms with Crippen LogP contribution < -0.4 is 0 Å². The van der Waals surface area contributed by atoms with E-state index in [0.717, 1.165) is 0 Å². The molecule has 1 saturated carbocycles. The molecule has 0 spiro atoms. The van der Waals surface area contributed by atoms with Gasteiger partial charge in [0, 0.05) is 25.2 Å². The Morgan fingerprint density at radius 2 is 2.14 bits per heavy atom. The predicted molar refractivity (Wildman–Crippen MR) is 82.5 cm³/mol. The molecule has 1 atom stereocenters. The van der Waals surface area contributed by atoms with E-state index in [-0.39, 0.29) is 11.4 Å². The summed E-state index contributed by atoms with van der Waals surface area (Å²) in [4.78, 5) is 14.1. The first-order chi connectivity index (χ1) is 9.70. The first-order valence-corrected chi connectivity index (χ1v) is 7.74. The predicted octanol–water partition coefficient (Wildman–Crippen LogP) is 2.36. The van der Waals surface area contributed by atoms with E-state index < -0.39 is 6.10 Å². The molecule has 0 saturated heterocycles. The van der Waals surface area contributed by atoms with Crippen molar-refractivity contribution in [3.8, 4) is 0 Å². The van der Waals surface area contributed by atoms with Crippen molar-refractivity contribution in [1.29, 1.82) is 0 Å². The van der Waals surface area contributed by atoms with E-state index in [0.29, 0.717) is 24.6 Å². The third-order valence-electron chi connectivity index (χ3n) is 3.82. The summed E-state index contributed by atoms with van der Waals surface area (Å²) < 4.78 is 2.00. The van der Waals surface area contributed by atoms with Crippen LogP contribution in [0, 0.1) is 0 Å². The van der Waals surface area contributed by atoms with E-state index in [1.807, 2.05) is 10.7 Å². The van der Waals surface area contributed by atoms with E-state index in [9.17, 15) is 9.90 Å². The van der Waals surface area contributed by atoms with Crippen LogP contribution in [0.25, 0.3) is 0 Å². The lowest BCUT2D eigenvalue weighted by atomic mass is 10.1. The SMILES string of the molecule is CC(O)CCN(C)C(=O)c1cc(C2CC2)n(C(C)(C)C)n1. The lowest BCUT2D eigenvalue weighted by Crippen LogP contribution is -2.30. The monoisotopic (exact) mass is 293 g/mol. The van der Waals surface area contributed by atoms with Gasteiger partial charge in [0.05, 0.1) is 11.6 Å². The van der Waals surface area contributed by atoms with Crippen LogP contribution in [0.1, 0.15) is 69.1 Å². The van der Waals surface area contributed by atoms with Gasteiger partial charge in [0.2, 0.25) is 0 Å². The summed E-state index contributed by atoms with van der Waals surface area (Å²) in [5.41, 5.74) is 1.57. The van der Waals surface area contributed by atoms with Crippen molar-refractivity contribution in [1.82, 2.24) is 14.7 Å². The van der Waals surface area contributed by atoms with Crippen molar-refractivity contribution in [2.45, 2.75) is 64.5 Å². The number of aliphatic hydroxyl groups is 1. The zero-order valence-corrected chi connectivity index (χ0v) is 13.8. The zero-order chi connectivity index (χ0) is 15.8. The number of aromatic nitrogens is 2. The molecule has 1 aliphatic carbocycles. The standard InChI is InChI=1S/C16H27N3O2/c1-11(20)8-9-18(5)15(21)13-10-14(12-6-7-12)19(17-13)16(2,3)4/h10-12,20H,6-9H2,1-5H3. The molecule has 1 aliphatic rings. The summed E-state index contributed by atoms with van der Waals surface area (Å²) in [5.74, 6) is 0.488. The average Bonchev–Trinajstić information content (AvgIpc) is 3.12. The Morgan fingerprint density at radius 1 is 1.52 bits per heavy atom. The van der Waals surface area contributed by atoms with Crippen LogP contribution in [0.5, 0.6) is 0 Å². The molecule has 0 radical (unpaired) electrons. The number of aliphatic hydroxyl groups excluding tert-OH is 1. The summed E-state index contributed by atoms with van der Waals surface area (Å²) in [7, 11) is 1.76. The van der Waals surface area contributed by atoms with Gasteiger partial charge in [-0.1, -0.05) is 0 Å². The number of amides is 1. The van der Waals surface area contributed by atoms with Crippen molar-refractivity contribution < 1.29 is 9.90 Å². The normalized spacial score (nSPS) is 16.9. The van der Waals surface area contributed by atoms with Crippen LogP contribution in [0.4, 0.5) is 0 Å². The van der Waals surface area contributed by atoms with Crippen molar-refractivity contribution in [3.63, 3.8) is 0 Å². The van der Waals surface area contributed by atoms with Gasteiger partial charge in [-0.15, -0.1) is 0 Å². The Kier molecular flexibility index (Phi) is 4.42. The second-order valence-corrected chi connectivity index (χ2v) is 7.18. The maximum absolute atomic E-state index is 12.5. The van der Waals surface area contributed by atoms with Gasteiger partial charge in [-0.2, -0.15) is 5.10 Å². The molecule has 2 rings (SSSR count). The molecule has 1 amide bonds. The Bertz CT molecular complexity index is 510. The summed E-state index contributed by atoms with van der Waals surface area (Å²) in [5, 5.41) is 13.9. The van der Waals surface area contributed by atoms with E-state index in [4.69, 9.17) is 0 Å². The molecule has 21 heavy (non-hydrogen) atoms. The van der Waals surface area contributed by atoms with Crippen LogP contribution >= 0.6 is 0 Å². The van der Waals surface area contributed by atoms with Crippen LogP contribution in [-0.2, 0) is 5.54 Å². The van der Waals surface area contributed by atoms with Gasteiger partial charge in [0.1, 0.15) is 0 Å². The van der Waals surface area contributed by atoms with Gasteiger partial charge >= 0.3 is 0 Å². The molecule has 1 heterocycles. The quantitative estimate of drug-likeness (QED) is 0.906. The Labute approximate surface area is 126 Å². The molecule has 1 aromatic heterocycles. The van der Waals surface area contributed by atoms with E-state index in [1.54, 1.807) is 18.9 Å². The minimum atomic E-state index is -0.394. The number of nitrogens with zero attached hydrogens (tertiary/aromatic N) is 3. The topological polar surface area (TPSA) is 58.4 Å². The van der Waals surface area contributed by atoms with Gasteiger partial charge in [-0.05, 0) is 53.0 Å². The summed E-state index contributed by atoms with van der Waals surface area (Å²) >= 11 is 0. The highest BCUT2D eigenvalue weighted by atomic mass is 16.3. The fourth-order valence-corrected chi connectivity index (χ4v) is 2.38. The first-order valence-electron chi connectivity index (χ1n) is 7.74. The molecule has 118 valence electrons. The second kappa shape index (κ2) is 5.79. The highest BCUT2D eigenvalue weighted by Crippen LogP contribution is 2.41. The number of hydrogen-bond acceptors (Lipinski definition) is 3. The van der Waals surface area contributed by atoms with Gasteiger partial charge < -0.3 is 10.0 Å². The number of hydrogen-bond donors (Lipinski definition) is 1. The van der Waals surface area contributed by atoms with E-state index in [2.05, 4.69) is 25.9 Å². The van der Waals surface area contributed by atoms with Crippen LogP contribution in [0.15, 0.2) is 6.07 Å². The summed E-state index contributed by atoms with van der Waals surface area (Å²) in [6, 6.07) is 1.95. The molecule has 0 aromatic carbocycles. The van der Waals surface area contributed by atoms with E-state index in [1.165, 1.54) is 18.5 Å². The molecule has 1 fully saturated rings. The maximum Gasteiger partial charge on any atom is 0.274 e. The largest absolute Gasteiger partial charge is 0.393 e. The molecule has 1 aromatic rings. The molecule has 1 N–H and O–H groups in total. The number of rotatable bonds is 5. The molecule has 0 bridgehead atoms. The minimum Gasteiger partial charge on any atom is -0.393 e. The van der Waals surface area contributed by atoms with Crippen molar-refractivity contribution in [2.24, 2.45) is 0 Å². The zero-order valence-electron chi connectivity index (χ0n) is 13.8. The Morgan fingerprint density at radius 3 is 2.62 bits per heavy atom. The molecule has 5 nitrogen and oxygen atoms in total. The second-order valence-electron chi connectivity index (χ2n) is 7.18. The Balaban J connectivity index is 2.18. The lowest BCUT2D eigenvalue weighted by Gasteiger charge is -2.22. The average molecular weight is 293 g/mol. The summed E-state index contributed by atoms with van der Waals surface area (Å²) in [6.45, 7) is 8.60. The highest BCUT2D eigenvalue weighted by molar-refractivity contribution is 5.92. The Hall–Kier alpha value is -1.36. The molecule has 1 unspecified atom stereocenters.